The average molecular weight is 367 g/mol. The van der Waals surface area contributed by atoms with Gasteiger partial charge in [-0.25, -0.2) is 0 Å². The lowest BCUT2D eigenvalue weighted by Gasteiger charge is -2.33. The maximum atomic E-state index is 12.6. The molecule has 0 aliphatic heterocycles. The summed E-state index contributed by atoms with van der Waals surface area (Å²) in [6, 6.07) is 12.7. The van der Waals surface area contributed by atoms with Crippen LogP contribution in [-0.2, 0) is 4.79 Å². The van der Waals surface area contributed by atoms with Crippen molar-refractivity contribution in [1.29, 1.82) is 0 Å². The monoisotopic (exact) mass is 367 g/mol. The van der Waals surface area contributed by atoms with Gasteiger partial charge in [0, 0.05) is 5.56 Å². The number of furan rings is 1. The molecule has 0 saturated heterocycles. The Morgan fingerprint density at radius 2 is 1.70 bits per heavy atom. The molecule has 0 radical (unpaired) electrons. The van der Waals surface area contributed by atoms with Crippen molar-refractivity contribution in [2.45, 2.75) is 51.5 Å². The van der Waals surface area contributed by atoms with E-state index in [1.165, 1.54) is 0 Å². The number of amides is 1. The Labute approximate surface area is 159 Å². The zero-order chi connectivity index (χ0) is 19.7. The second-order valence-corrected chi connectivity index (χ2v) is 6.58. The molecule has 142 valence electrons. The van der Waals surface area contributed by atoms with Crippen LogP contribution in [0.4, 0.5) is 0 Å². The van der Waals surface area contributed by atoms with Crippen LogP contribution in [0.1, 0.15) is 67.8 Å². The van der Waals surface area contributed by atoms with E-state index in [0.717, 1.165) is 18.4 Å². The Morgan fingerprint density at radius 1 is 1.04 bits per heavy atom. The first-order chi connectivity index (χ1) is 13.0. The van der Waals surface area contributed by atoms with Crippen LogP contribution in [0.15, 0.2) is 46.9 Å². The zero-order valence-electron chi connectivity index (χ0n) is 15.7. The SMILES string of the molecule is CCCC(CCC)(CC(=O)O)NC(=O)c1ccc(C#Cc2ccccc2)o1. The molecule has 2 N–H and O–H groups in total. The van der Waals surface area contributed by atoms with Crippen molar-refractivity contribution < 1.29 is 19.1 Å². The van der Waals surface area contributed by atoms with Gasteiger partial charge in [-0.3, -0.25) is 9.59 Å². The highest BCUT2D eigenvalue weighted by Crippen LogP contribution is 2.25. The molecule has 0 bridgehead atoms. The first-order valence-corrected chi connectivity index (χ1v) is 9.19. The fraction of sp³-hybridized carbons (Fsp3) is 0.364. The van der Waals surface area contributed by atoms with Crippen molar-refractivity contribution in [3.63, 3.8) is 0 Å². The van der Waals surface area contributed by atoms with E-state index in [1.807, 2.05) is 44.2 Å². The Bertz CT molecular complexity index is 821. The fourth-order valence-corrected chi connectivity index (χ4v) is 3.20. The quantitative estimate of drug-likeness (QED) is 0.685. The molecule has 1 amide bonds. The topological polar surface area (TPSA) is 79.5 Å². The summed E-state index contributed by atoms with van der Waals surface area (Å²) in [6.07, 6.45) is 2.64. The number of rotatable bonds is 8. The molecule has 0 saturated carbocycles. The van der Waals surface area contributed by atoms with E-state index in [0.29, 0.717) is 18.6 Å². The Kier molecular flexibility index (Phi) is 7.25. The molecule has 1 aromatic carbocycles. The summed E-state index contributed by atoms with van der Waals surface area (Å²) >= 11 is 0. The third kappa shape index (κ3) is 6.03. The molecular formula is C22H25NO4. The lowest BCUT2D eigenvalue weighted by atomic mass is 9.85. The normalized spacial score (nSPS) is 10.7. The molecule has 5 nitrogen and oxygen atoms in total. The van der Waals surface area contributed by atoms with Crippen molar-refractivity contribution in [3.05, 3.63) is 59.5 Å². The molecule has 5 heteroatoms. The highest BCUT2D eigenvalue weighted by molar-refractivity contribution is 5.92. The highest BCUT2D eigenvalue weighted by Gasteiger charge is 2.33. The molecule has 0 spiro atoms. The maximum Gasteiger partial charge on any atom is 0.305 e. The number of benzene rings is 1. The first kappa shape index (κ1) is 20.3. The van der Waals surface area contributed by atoms with Crippen LogP contribution in [0.5, 0.6) is 0 Å². The largest absolute Gasteiger partial charge is 0.481 e. The van der Waals surface area contributed by atoms with Gasteiger partial charge in [0.05, 0.1) is 12.0 Å². The van der Waals surface area contributed by atoms with Gasteiger partial charge in [0.15, 0.2) is 11.5 Å². The zero-order valence-corrected chi connectivity index (χ0v) is 15.7. The summed E-state index contributed by atoms with van der Waals surface area (Å²) in [6.45, 7) is 3.95. The van der Waals surface area contributed by atoms with Crippen LogP contribution in [0.3, 0.4) is 0 Å². The van der Waals surface area contributed by atoms with Gasteiger partial charge in [0.2, 0.25) is 0 Å². The number of hydrogen-bond acceptors (Lipinski definition) is 3. The molecule has 0 aliphatic rings. The molecule has 0 atom stereocenters. The third-order valence-electron chi connectivity index (χ3n) is 4.26. The second kappa shape index (κ2) is 9.63. The van der Waals surface area contributed by atoms with Crippen LogP contribution >= 0.6 is 0 Å². The van der Waals surface area contributed by atoms with E-state index in [9.17, 15) is 14.7 Å². The number of carbonyl (C=O) groups excluding carboxylic acids is 1. The van der Waals surface area contributed by atoms with Crippen LogP contribution in [0.2, 0.25) is 0 Å². The number of carboxylic acid groups (broad SMARTS) is 1. The van der Waals surface area contributed by atoms with Crippen molar-refractivity contribution >= 4 is 11.9 Å². The number of nitrogens with one attached hydrogen (secondary N) is 1. The molecule has 27 heavy (non-hydrogen) atoms. The van der Waals surface area contributed by atoms with Gasteiger partial charge in [-0.15, -0.1) is 0 Å². The average Bonchev–Trinajstić information content (AvgIpc) is 3.10. The second-order valence-electron chi connectivity index (χ2n) is 6.58. The van der Waals surface area contributed by atoms with Crippen molar-refractivity contribution in [2.24, 2.45) is 0 Å². The van der Waals surface area contributed by atoms with Gasteiger partial charge in [0.25, 0.3) is 5.91 Å². The molecule has 0 fully saturated rings. The van der Waals surface area contributed by atoms with E-state index < -0.39 is 17.4 Å². The number of carbonyl (C=O) groups is 2. The summed E-state index contributed by atoms with van der Waals surface area (Å²) in [4.78, 5) is 23.9. The fourth-order valence-electron chi connectivity index (χ4n) is 3.20. The van der Waals surface area contributed by atoms with Gasteiger partial charge in [-0.05, 0) is 43.0 Å². The van der Waals surface area contributed by atoms with E-state index in [-0.39, 0.29) is 12.2 Å². The molecule has 2 rings (SSSR count). The summed E-state index contributed by atoms with van der Waals surface area (Å²) < 4.78 is 5.54. The van der Waals surface area contributed by atoms with E-state index >= 15 is 0 Å². The Morgan fingerprint density at radius 3 is 2.30 bits per heavy atom. The highest BCUT2D eigenvalue weighted by atomic mass is 16.4. The van der Waals surface area contributed by atoms with E-state index in [2.05, 4.69) is 17.2 Å². The van der Waals surface area contributed by atoms with Crippen molar-refractivity contribution in [2.75, 3.05) is 0 Å². The molecule has 0 aliphatic carbocycles. The molecule has 0 unspecified atom stereocenters. The predicted molar refractivity (Wildman–Crippen MR) is 103 cm³/mol. The lowest BCUT2D eigenvalue weighted by molar-refractivity contribution is -0.138. The summed E-state index contributed by atoms with van der Waals surface area (Å²) in [7, 11) is 0. The molecule has 2 aromatic rings. The van der Waals surface area contributed by atoms with Gasteiger partial charge in [0.1, 0.15) is 0 Å². The van der Waals surface area contributed by atoms with Crippen LogP contribution in [0.25, 0.3) is 0 Å². The Hall–Kier alpha value is -3.00. The minimum atomic E-state index is -0.925. The van der Waals surface area contributed by atoms with Crippen LogP contribution in [0, 0.1) is 11.8 Å². The minimum absolute atomic E-state index is 0.109. The Balaban J connectivity index is 2.15. The predicted octanol–water partition coefficient (Wildman–Crippen LogP) is 4.22. The van der Waals surface area contributed by atoms with Gasteiger partial charge < -0.3 is 14.8 Å². The minimum Gasteiger partial charge on any atom is -0.481 e. The van der Waals surface area contributed by atoms with E-state index in [1.54, 1.807) is 12.1 Å². The summed E-state index contributed by atoms with van der Waals surface area (Å²) in [5.74, 6) is 5.05. The third-order valence-corrected chi connectivity index (χ3v) is 4.26. The standard InChI is InChI=1S/C22H25NO4/c1-3-14-22(15-4-2,16-20(24)25)23-21(26)19-13-12-18(27-19)11-10-17-8-6-5-7-9-17/h5-9,12-13H,3-4,14-16H2,1-2H3,(H,23,26)(H,24,25). The molecular weight excluding hydrogens is 342 g/mol. The summed E-state index contributed by atoms with van der Waals surface area (Å²) in [5, 5.41) is 12.2. The van der Waals surface area contributed by atoms with E-state index in [4.69, 9.17) is 4.42 Å². The maximum absolute atomic E-state index is 12.6. The van der Waals surface area contributed by atoms with Crippen LogP contribution < -0.4 is 5.32 Å². The summed E-state index contributed by atoms with van der Waals surface area (Å²) in [5.41, 5.74) is 0.0843. The number of aliphatic carboxylic acids is 1. The van der Waals surface area contributed by atoms with Crippen molar-refractivity contribution in [1.82, 2.24) is 5.32 Å². The van der Waals surface area contributed by atoms with Crippen molar-refractivity contribution in [3.8, 4) is 11.8 Å². The smallest absolute Gasteiger partial charge is 0.305 e. The van der Waals surface area contributed by atoms with Crippen LogP contribution in [-0.4, -0.2) is 22.5 Å². The van der Waals surface area contributed by atoms with Gasteiger partial charge >= 0.3 is 5.97 Å². The molecule has 1 aromatic heterocycles. The number of carboxylic acids is 1. The first-order valence-electron chi connectivity index (χ1n) is 9.19. The lowest BCUT2D eigenvalue weighted by Crippen LogP contribution is -2.49. The van der Waals surface area contributed by atoms with Gasteiger partial charge in [-0.1, -0.05) is 50.8 Å². The number of hydrogen-bond donors (Lipinski definition) is 2. The van der Waals surface area contributed by atoms with Gasteiger partial charge in [-0.2, -0.15) is 0 Å². The molecule has 1 heterocycles.